The normalized spacial score (nSPS) is 13.8. The van der Waals surface area contributed by atoms with E-state index in [1.807, 2.05) is 46.7 Å². The smallest absolute Gasteiger partial charge is 0.260 e. The van der Waals surface area contributed by atoms with E-state index in [9.17, 15) is 4.79 Å². The first-order valence-corrected chi connectivity index (χ1v) is 10.3. The minimum Gasteiger partial charge on any atom is -0.483 e. The Morgan fingerprint density at radius 1 is 1.18 bits per heavy atom. The third kappa shape index (κ3) is 4.61. The number of carbonyl (C=O) groups is 1. The highest BCUT2D eigenvalue weighted by atomic mass is 32.1. The number of carbonyl (C=O) groups excluding carboxylic acids is 1. The average molecular weight is 398 g/mol. The molecule has 1 saturated heterocycles. The third-order valence-corrected chi connectivity index (χ3v) is 5.55. The molecule has 1 aromatic carbocycles. The van der Waals surface area contributed by atoms with Crippen molar-refractivity contribution in [2.75, 3.05) is 19.7 Å². The summed E-state index contributed by atoms with van der Waals surface area (Å²) in [7, 11) is 0. The van der Waals surface area contributed by atoms with Crippen LogP contribution < -0.4 is 10.1 Å². The summed E-state index contributed by atoms with van der Waals surface area (Å²) in [5, 5.41) is 5.37. The number of hydrogen-bond donors (Lipinski definition) is 1. The highest BCUT2D eigenvalue weighted by Crippen LogP contribution is 2.24. The topological polar surface area (TPSA) is 67.6 Å². The van der Waals surface area contributed by atoms with Crippen LogP contribution in [-0.2, 0) is 17.9 Å². The highest BCUT2D eigenvalue weighted by molar-refractivity contribution is 7.13. The Balaban J connectivity index is 1.29. The standard InChI is InChI=1S/C21H23N3O3S/c25-20(24-9-3-4-10-24)15-26-18-7-2-1-6-16(18)12-22-13-17-14-27-21(23-17)19-8-5-11-28-19/h1-2,5-8,11,14,22H,3-4,9-10,12-13,15H2. The van der Waals surface area contributed by atoms with E-state index in [-0.39, 0.29) is 12.5 Å². The van der Waals surface area contributed by atoms with Gasteiger partial charge in [0.2, 0.25) is 5.89 Å². The van der Waals surface area contributed by atoms with Crippen molar-refractivity contribution in [3.05, 3.63) is 59.3 Å². The minimum absolute atomic E-state index is 0.0592. The Kier molecular flexibility index (Phi) is 6.04. The second kappa shape index (κ2) is 9.03. The summed E-state index contributed by atoms with van der Waals surface area (Å²) >= 11 is 1.60. The Bertz CT molecular complexity index is 901. The number of nitrogens with one attached hydrogen (secondary N) is 1. The van der Waals surface area contributed by atoms with Gasteiger partial charge in [0.25, 0.3) is 5.91 Å². The number of nitrogens with zero attached hydrogens (tertiary/aromatic N) is 2. The molecule has 0 spiro atoms. The minimum atomic E-state index is 0.0592. The van der Waals surface area contributed by atoms with E-state index < -0.39 is 0 Å². The van der Waals surface area contributed by atoms with Crippen LogP contribution >= 0.6 is 11.3 Å². The van der Waals surface area contributed by atoms with Gasteiger partial charge in [0.05, 0.1) is 10.6 Å². The molecule has 2 aromatic heterocycles. The van der Waals surface area contributed by atoms with Crippen LogP contribution in [0, 0.1) is 0 Å². The van der Waals surface area contributed by atoms with E-state index in [0.29, 0.717) is 19.0 Å². The molecule has 7 heteroatoms. The van der Waals surface area contributed by atoms with Crippen molar-refractivity contribution in [3.63, 3.8) is 0 Å². The molecule has 0 saturated carbocycles. The number of likely N-dealkylation sites (tertiary alicyclic amines) is 1. The maximum Gasteiger partial charge on any atom is 0.260 e. The van der Waals surface area contributed by atoms with Crippen LogP contribution in [0.3, 0.4) is 0 Å². The molecule has 6 nitrogen and oxygen atoms in total. The van der Waals surface area contributed by atoms with E-state index in [0.717, 1.165) is 47.8 Å². The van der Waals surface area contributed by atoms with Crippen LogP contribution in [0.2, 0.25) is 0 Å². The summed E-state index contributed by atoms with van der Waals surface area (Å²) in [5.41, 5.74) is 1.87. The van der Waals surface area contributed by atoms with Gasteiger partial charge in [-0.15, -0.1) is 11.3 Å². The van der Waals surface area contributed by atoms with Gasteiger partial charge in [-0.3, -0.25) is 4.79 Å². The van der Waals surface area contributed by atoms with E-state index in [1.54, 1.807) is 17.6 Å². The van der Waals surface area contributed by atoms with Crippen LogP contribution in [0.5, 0.6) is 5.75 Å². The number of para-hydroxylation sites is 1. The molecule has 1 aliphatic heterocycles. The first-order chi connectivity index (χ1) is 13.8. The quantitative estimate of drug-likeness (QED) is 0.628. The van der Waals surface area contributed by atoms with Gasteiger partial charge >= 0.3 is 0 Å². The van der Waals surface area contributed by atoms with Gasteiger partial charge in [0.1, 0.15) is 12.0 Å². The molecule has 1 fully saturated rings. The molecule has 146 valence electrons. The molecule has 0 unspecified atom stereocenters. The lowest BCUT2D eigenvalue weighted by Gasteiger charge is -2.17. The maximum atomic E-state index is 12.2. The van der Waals surface area contributed by atoms with E-state index >= 15 is 0 Å². The fourth-order valence-electron chi connectivity index (χ4n) is 3.21. The number of oxazole rings is 1. The first-order valence-electron chi connectivity index (χ1n) is 9.47. The SMILES string of the molecule is O=C(COc1ccccc1CNCc1coc(-c2cccs2)n1)N1CCCC1. The number of aromatic nitrogens is 1. The molecule has 0 bridgehead atoms. The predicted molar refractivity (Wildman–Crippen MR) is 108 cm³/mol. The first kappa shape index (κ1) is 18.7. The van der Waals surface area contributed by atoms with Crippen LogP contribution in [0.4, 0.5) is 0 Å². The molecule has 0 aliphatic carbocycles. The van der Waals surface area contributed by atoms with Crippen molar-refractivity contribution < 1.29 is 13.9 Å². The largest absolute Gasteiger partial charge is 0.483 e. The van der Waals surface area contributed by atoms with Gasteiger partial charge in [-0.2, -0.15) is 0 Å². The fraction of sp³-hybridized carbons (Fsp3) is 0.333. The zero-order valence-electron chi connectivity index (χ0n) is 15.6. The monoisotopic (exact) mass is 397 g/mol. The molecule has 0 radical (unpaired) electrons. The molecule has 1 N–H and O–H groups in total. The van der Waals surface area contributed by atoms with Crippen LogP contribution in [0.15, 0.2) is 52.5 Å². The lowest BCUT2D eigenvalue weighted by Crippen LogP contribution is -2.32. The third-order valence-electron chi connectivity index (χ3n) is 4.69. The number of thiophene rings is 1. The van der Waals surface area contributed by atoms with E-state index in [2.05, 4.69) is 10.3 Å². The second-order valence-corrected chi connectivity index (χ2v) is 7.66. The fourth-order valence-corrected chi connectivity index (χ4v) is 3.87. The summed E-state index contributed by atoms with van der Waals surface area (Å²) in [5.74, 6) is 1.45. The lowest BCUT2D eigenvalue weighted by atomic mass is 10.2. The molecule has 3 aromatic rings. The van der Waals surface area contributed by atoms with Crippen molar-refractivity contribution in [2.45, 2.75) is 25.9 Å². The molecule has 1 aliphatic rings. The number of hydrogen-bond acceptors (Lipinski definition) is 6. The van der Waals surface area contributed by atoms with Gasteiger partial charge in [-0.25, -0.2) is 4.98 Å². The van der Waals surface area contributed by atoms with Crippen LogP contribution in [0.25, 0.3) is 10.8 Å². The summed E-state index contributed by atoms with van der Waals surface area (Å²) < 4.78 is 11.3. The highest BCUT2D eigenvalue weighted by Gasteiger charge is 2.18. The average Bonchev–Trinajstić information content (AvgIpc) is 3.49. The molecule has 28 heavy (non-hydrogen) atoms. The summed E-state index contributed by atoms with van der Waals surface area (Å²) in [4.78, 5) is 19.6. The van der Waals surface area contributed by atoms with Crippen LogP contribution in [0.1, 0.15) is 24.1 Å². The van der Waals surface area contributed by atoms with Crippen molar-refractivity contribution in [2.24, 2.45) is 0 Å². The summed E-state index contributed by atoms with van der Waals surface area (Å²) in [6, 6.07) is 11.8. The number of benzene rings is 1. The Morgan fingerprint density at radius 2 is 2.04 bits per heavy atom. The zero-order chi connectivity index (χ0) is 19.2. The van der Waals surface area contributed by atoms with Crippen molar-refractivity contribution in [1.82, 2.24) is 15.2 Å². The number of ether oxygens (including phenoxy) is 1. The molecule has 4 rings (SSSR count). The number of amides is 1. The molecular weight excluding hydrogens is 374 g/mol. The molecule has 1 amide bonds. The van der Waals surface area contributed by atoms with E-state index in [4.69, 9.17) is 9.15 Å². The summed E-state index contributed by atoms with van der Waals surface area (Å²) in [6.07, 6.45) is 3.85. The maximum absolute atomic E-state index is 12.2. The predicted octanol–water partition coefficient (Wildman–Crippen LogP) is 3.69. The number of rotatable bonds is 8. The van der Waals surface area contributed by atoms with Crippen molar-refractivity contribution >= 4 is 17.2 Å². The zero-order valence-corrected chi connectivity index (χ0v) is 16.4. The van der Waals surface area contributed by atoms with E-state index in [1.165, 1.54) is 0 Å². The van der Waals surface area contributed by atoms with Gasteiger partial charge in [-0.1, -0.05) is 24.3 Å². The molecule has 3 heterocycles. The molecular formula is C21H23N3O3S. The van der Waals surface area contributed by atoms with Gasteiger partial charge in [0, 0.05) is 31.7 Å². The Morgan fingerprint density at radius 3 is 2.86 bits per heavy atom. The van der Waals surface area contributed by atoms with Gasteiger partial charge in [-0.05, 0) is 30.4 Å². The molecule has 0 atom stereocenters. The summed E-state index contributed by atoms with van der Waals surface area (Å²) in [6.45, 7) is 2.99. The Hall–Kier alpha value is -2.64. The lowest BCUT2D eigenvalue weighted by molar-refractivity contribution is -0.132. The van der Waals surface area contributed by atoms with Crippen molar-refractivity contribution in [1.29, 1.82) is 0 Å². The Labute approximate surface area is 168 Å². The van der Waals surface area contributed by atoms with Gasteiger partial charge < -0.3 is 19.4 Å². The van der Waals surface area contributed by atoms with Crippen LogP contribution in [-0.4, -0.2) is 35.5 Å². The van der Waals surface area contributed by atoms with Crippen molar-refractivity contribution in [3.8, 4) is 16.5 Å². The second-order valence-electron chi connectivity index (χ2n) is 6.71. The van der Waals surface area contributed by atoms with Gasteiger partial charge in [0.15, 0.2) is 6.61 Å².